The van der Waals surface area contributed by atoms with Crippen LogP contribution in [-0.2, 0) is 17.8 Å². The lowest BCUT2D eigenvalue weighted by atomic mass is 10.00. The van der Waals surface area contributed by atoms with Gasteiger partial charge in [0.25, 0.3) is 5.91 Å². The topological polar surface area (TPSA) is 76.0 Å². The number of carbonyl (C=O) groups is 1. The fraction of sp³-hybridized carbons (Fsp3) is 0.533. The number of hydrogen-bond acceptors (Lipinski definition) is 4. The number of carbonyl (C=O) groups excluding carboxylic acids is 1. The molecule has 0 saturated carbocycles. The number of aromatic amines is 1. The Morgan fingerprint density at radius 1 is 1.50 bits per heavy atom. The lowest BCUT2D eigenvalue weighted by molar-refractivity contribution is -0.0605. The molecule has 116 valence electrons. The average molecular weight is 301 g/mol. The highest BCUT2D eigenvalue weighted by Crippen LogP contribution is 2.30. The number of fused-ring (bicyclic) bond motifs is 3. The van der Waals surface area contributed by atoms with E-state index < -0.39 is 0 Å². The molecule has 2 atom stereocenters. The van der Waals surface area contributed by atoms with Crippen molar-refractivity contribution in [2.45, 2.75) is 38.5 Å². The quantitative estimate of drug-likeness (QED) is 0.903. The Hall–Kier alpha value is -2.15. The third-order valence-corrected chi connectivity index (χ3v) is 4.57. The fourth-order valence-corrected chi connectivity index (χ4v) is 3.31. The van der Waals surface area contributed by atoms with E-state index >= 15 is 0 Å². The van der Waals surface area contributed by atoms with Gasteiger partial charge in [0.05, 0.1) is 30.6 Å². The Balaban J connectivity index is 1.55. The second kappa shape index (κ2) is 5.24. The monoisotopic (exact) mass is 301 g/mol. The van der Waals surface area contributed by atoms with Gasteiger partial charge in [-0.25, -0.2) is 4.68 Å². The zero-order valence-corrected chi connectivity index (χ0v) is 12.5. The summed E-state index contributed by atoms with van der Waals surface area (Å²) >= 11 is 0. The van der Waals surface area contributed by atoms with Crippen LogP contribution in [0.4, 0.5) is 0 Å². The molecule has 1 amide bonds. The Morgan fingerprint density at radius 3 is 3.23 bits per heavy atom. The molecule has 1 N–H and O–H groups in total. The van der Waals surface area contributed by atoms with Gasteiger partial charge in [-0.15, -0.1) is 5.10 Å². The first-order valence-corrected chi connectivity index (χ1v) is 7.74. The maximum atomic E-state index is 12.7. The maximum Gasteiger partial charge on any atom is 0.270 e. The summed E-state index contributed by atoms with van der Waals surface area (Å²) in [7, 11) is 0. The number of nitrogens with zero attached hydrogens (tertiary/aromatic N) is 4. The molecule has 0 aromatic carbocycles. The molecule has 1 saturated heterocycles. The van der Waals surface area contributed by atoms with E-state index in [1.165, 1.54) is 0 Å². The van der Waals surface area contributed by atoms with Gasteiger partial charge in [0.1, 0.15) is 5.69 Å². The Bertz CT molecular complexity index is 692. The van der Waals surface area contributed by atoms with Gasteiger partial charge in [0.2, 0.25) is 0 Å². The van der Waals surface area contributed by atoms with Gasteiger partial charge in [0, 0.05) is 18.8 Å². The molecule has 0 aliphatic carbocycles. The maximum absolute atomic E-state index is 12.7. The van der Waals surface area contributed by atoms with Crippen molar-refractivity contribution in [2.24, 2.45) is 0 Å². The number of amides is 1. The Kier molecular flexibility index (Phi) is 3.22. The zero-order chi connectivity index (χ0) is 15.1. The van der Waals surface area contributed by atoms with Crippen molar-refractivity contribution in [2.75, 3.05) is 13.1 Å². The summed E-state index contributed by atoms with van der Waals surface area (Å²) < 4.78 is 7.79. The van der Waals surface area contributed by atoms with E-state index in [4.69, 9.17) is 4.74 Å². The third kappa shape index (κ3) is 2.12. The van der Waals surface area contributed by atoms with Crippen molar-refractivity contribution >= 4 is 5.91 Å². The molecule has 4 heterocycles. The summed E-state index contributed by atoms with van der Waals surface area (Å²) in [5.74, 6) is 0.0467. The van der Waals surface area contributed by atoms with Crippen LogP contribution >= 0.6 is 0 Å². The average Bonchev–Trinajstić information content (AvgIpc) is 3.22. The highest BCUT2D eigenvalue weighted by molar-refractivity contribution is 5.92. The van der Waals surface area contributed by atoms with Crippen LogP contribution in [0.1, 0.15) is 41.3 Å². The normalized spacial score (nSPS) is 24.0. The lowest BCUT2D eigenvalue weighted by Gasteiger charge is -2.40. The molecule has 22 heavy (non-hydrogen) atoms. The second-order valence-corrected chi connectivity index (χ2v) is 5.88. The van der Waals surface area contributed by atoms with E-state index in [-0.39, 0.29) is 18.1 Å². The van der Waals surface area contributed by atoms with Gasteiger partial charge in [-0.1, -0.05) is 12.1 Å². The van der Waals surface area contributed by atoms with Crippen LogP contribution in [-0.4, -0.2) is 50.0 Å². The molecular weight excluding hydrogens is 282 g/mol. The molecule has 0 bridgehead atoms. The third-order valence-electron chi connectivity index (χ3n) is 4.57. The molecule has 0 spiro atoms. The molecule has 7 nitrogen and oxygen atoms in total. The van der Waals surface area contributed by atoms with E-state index in [9.17, 15) is 4.79 Å². The zero-order valence-electron chi connectivity index (χ0n) is 12.5. The Morgan fingerprint density at radius 2 is 2.41 bits per heavy atom. The van der Waals surface area contributed by atoms with Crippen molar-refractivity contribution < 1.29 is 9.53 Å². The second-order valence-electron chi connectivity index (χ2n) is 5.88. The van der Waals surface area contributed by atoms with Gasteiger partial charge in [-0.2, -0.15) is 0 Å². The number of likely N-dealkylation sites (tertiary alicyclic amines) is 1. The number of aromatic nitrogens is 4. The van der Waals surface area contributed by atoms with Gasteiger partial charge in [-0.3, -0.25) is 4.79 Å². The number of hydrogen-bond donors (Lipinski definition) is 1. The SMILES string of the molecule is CCc1ccc(C(=O)N2CC[C@@H]3OCc4cnnn4[C@H]3C2)[nH]1. The summed E-state index contributed by atoms with van der Waals surface area (Å²) in [4.78, 5) is 17.7. The van der Waals surface area contributed by atoms with Gasteiger partial charge in [0.15, 0.2) is 0 Å². The predicted octanol–water partition coefficient (Wildman–Crippen LogP) is 1.15. The van der Waals surface area contributed by atoms with Crippen molar-refractivity contribution in [1.29, 1.82) is 0 Å². The fourth-order valence-electron chi connectivity index (χ4n) is 3.31. The summed E-state index contributed by atoms with van der Waals surface area (Å²) in [6.45, 7) is 3.95. The number of ether oxygens (including phenoxy) is 1. The summed E-state index contributed by atoms with van der Waals surface area (Å²) in [5, 5.41) is 8.13. The van der Waals surface area contributed by atoms with Crippen molar-refractivity contribution in [3.63, 3.8) is 0 Å². The lowest BCUT2D eigenvalue weighted by Crippen LogP contribution is -2.50. The van der Waals surface area contributed by atoms with E-state index in [1.807, 2.05) is 21.7 Å². The van der Waals surface area contributed by atoms with Crippen molar-refractivity contribution in [3.8, 4) is 0 Å². The molecule has 2 aliphatic rings. The largest absolute Gasteiger partial charge is 0.370 e. The smallest absolute Gasteiger partial charge is 0.270 e. The molecule has 4 rings (SSSR count). The predicted molar refractivity (Wildman–Crippen MR) is 78.3 cm³/mol. The van der Waals surface area contributed by atoms with E-state index in [1.54, 1.807) is 6.20 Å². The standard InChI is InChI=1S/C15H19N5O2/c1-2-10-3-4-12(17-10)15(21)19-6-5-14-13(8-19)20-11(9-22-14)7-16-18-20/h3-4,7,13-14,17H,2,5-6,8-9H2,1H3/t13-,14-/m0/s1. The highest BCUT2D eigenvalue weighted by atomic mass is 16.5. The number of H-pyrrole nitrogens is 1. The minimum Gasteiger partial charge on any atom is -0.370 e. The van der Waals surface area contributed by atoms with Crippen LogP contribution in [0, 0.1) is 0 Å². The summed E-state index contributed by atoms with van der Waals surface area (Å²) in [6, 6.07) is 3.90. The molecule has 2 aliphatic heterocycles. The minimum absolute atomic E-state index is 0.0467. The molecule has 1 fully saturated rings. The van der Waals surface area contributed by atoms with Crippen molar-refractivity contribution in [3.05, 3.63) is 35.4 Å². The summed E-state index contributed by atoms with van der Waals surface area (Å²) in [6.07, 6.45) is 3.58. The van der Waals surface area contributed by atoms with E-state index in [0.29, 0.717) is 25.4 Å². The molecule has 0 unspecified atom stereocenters. The first-order valence-electron chi connectivity index (χ1n) is 7.74. The van der Waals surface area contributed by atoms with E-state index in [0.717, 1.165) is 24.2 Å². The molecule has 2 aromatic rings. The van der Waals surface area contributed by atoms with Crippen LogP contribution in [0.3, 0.4) is 0 Å². The van der Waals surface area contributed by atoms with Crippen LogP contribution in [0.5, 0.6) is 0 Å². The number of rotatable bonds is 2. The van der Waals surface area contributed by atoms with Gasteiger partial charge >= 0.3 is 0 Å². The Labute approximate surface area is 128 Å². The molecule has 2 aromatic heterocycles. The first kappa shape index (κ1) is 13.5. The number of nitrogens with one attached hydrogen (secondary N) is 1. The highest BCUT2D eigenvalue weighted by Gasteiger charge is 2.38. The minimum atomic E-state index is 0.0467. The number of aryl methyl sites for hydroxylation is 1. The van der Waals surface area contributed by atoms with Gasteiger partial charge < -0.3 is 14.6 Å². The van der Waals surface area contributed by atoms with Crippen LogP contribution in [0.15, 0.2) is 18.3 Å². The number of piperidine rings is 1. The molecular formula is C15H19N5O2. The van der Waals surface area contributed by atoms with Crippen LogP contribution < -0.4 is 0 Å². The van der Waals surface area contributed by atoms with E-state index in [2.05, 4.69) is 22.2 Å². The molecule has 7 heteroatoms. The van der Waals surface area contributed by atoms with Crippen molar-refractivity contribution in [1.82, 2.24) is 24.9 Å². The first-order chi connectivity index (χ1) is 10.8. The summed E-state index contributed by atoms with van der Waals surface area (Å²) in [5.41, 5.74) is 2.72. The van der Waals surface area contributed by atoms with Crippen LogP contribution in [0.2, 0.25) is 0 Å². The van der Waals surface area contributed by atoms with Crippen LogP contribution in [0.25, 0.3) is 0 Å². The molecule has 0 radical (unpaired) electrons. The van der Waals surface area contributed by atoms with Gasteiger partial charge in [-0.05, 0) is 25.0 Å².